The van der Waals surface area contributed by atoms with Crippen molar-refractivity contribution in [2.45, 2.75) is 31.7 Å². The number of rotatable bonds is 3. The highest BCUT2D eigenvalue weighted by Gasteiger charge is 2.31. The summed E-state index contributed by atoms with van der Waals surface area (Å²) in [7, 11) is 0. The normalized spacial score (nSPS) is 18.2. The van der Waals surface area contributed by atoms with E-state index < -0.39 is 23.8 Å². The SMILES string of the molecule is Cl.NCc1cc(NC(=O)C2CCCO2)cc(C(F)(F)F)c1. The van der Waals surface area contributed by atoms with Gasteiger partial charge in [-0.05, 0) is 36.6 Å². The molecule has 0 spiro atoms. The first-order valence-corrected chi connectivity index (χ1v) is 6.24. The molecule has 0 bridgehead atoms. The third kappa shape index (κ3) is 4.59. The molecule has 1 unspecified atom stereocenters. The number of carbonyl (C=O) groups is 1. The topological polar surface area (TPSA) is 64.3 Å². The summed E-state index contributed by atoms with van der Waals surface area (Å²) in [5.74, 6) is -0.426. The van der Waals surface area contributed by atoms with Gasteiger partial charge in [-0.3, -0.25) is 4.79 Å². The van der Waals surface area contributed by atoms with Crippen LogP contribution in [0, 0.1) is 0 Å². The van der Waals surface area contributed by atoms with Crippen molar-refractivity contribution in [3.05, 3.63) is 29.3 Å². The molecule has 1 saturated heterocycles. The molecule has 0 aromatic heterocycles. The van der Waals surface area contributed by atoms with Crippen molar-refractivity contribution in [3.63, 3.8) is 0 Å². The first-order valence-electron chi connectivity index (χ1n) is 6.24. The lowest BCUT2D eigenvalue weighted by molar-refractivity contribution is -0.137. The van der Waals surface area contributed by atoms with E-state index in [9.17, 15) is 18.0 Å². The Balaban J connectivity index is 0.00000220. The number of nitrogens with one attached hydrogen (secondary N) is 1. The van der Waals surface area contributed by atoms with Gasteiger partial charge >= 0.3 is 6.18 Å². The van der Waals surface area contributed by atoms with Crippen molar-refractivity contribution in [3.8, 4) is 0 Å². The number of anilines is 1. The van der Waals surface area contributed by atoms with Crippen LogP contribution in [0.2, 0.25) is 0 Å². The zero-order chi connectivity index (χ0) is 14.8. The maximum atomic E-state index is 12.7. The van der Waals surface area contributed by atoms with E-state index in [0.717, 1.165) is 18.6 Å². The average Bonchev–Trinajstić information content (AvgIpc) is 2.91. The molecular formula is C13H16ClF3N2O2. The van der Waals surface area contributed by atoms with E-state index in [-0.39, 0.29) is 24.6 Å². The Hall–Kier alpha value is -1.31. The number of benzene rings is 1. The molecule has 3 N–H and O–H groups in total. The number of hydrogen-bond donors (Lipinski definition) is 2. The summed E-state index contributed by atoms with van der Waals surface area (Å²) in [4.78, 5) is 11.8. The maximum Gasteiger partial charge on any atom is 0.416 e. The van der Waals surface area contributed by atoms with E-state index in [4.69, 9.17) is 10.5 Å². The van der Waals surface area contributed by atoms with Crippen LogP contribution in [0.5, 0.6) is 0 Å². The lowest BCUT2D eigenvalue weighted by Gasteiger charge is -2.14. The fraction of sp³-hybridized carbons (Fsp3) is 0.462. The molecule has 4 nitrogen and oxygen atoms in total. The van der Waals surface area contributed by atoms with Gasteiger partial charge in [0.15, 0.2) is 0 Å². The first kappa shape index (κ1) is 17.7. The van der Waals surface area contributed by atoms with Crippen molar-refractivity contribution in [2.75, 3.05) is 11.9 Å². The molecule has 0 radical (unpaired) electrons. The molecule has 21 heavy (non-hydrogen) atoms. The lowest BCUT2D eigenvalue weighted by atomic mass is 10.1. The Kier molecular flexibility index (Phi) is 6.00. The van der Waals surface area contributed by atoms with Gasteiger partial charge in [0.2, 0.25) is 0 Å². The molecule has 1 aromatic carbocycles. The van der Waals surface area contributed by atoms with Gasteiger partial charge in [-0.1, -0.05) is 0 Å². The Morgan fingerprint density at radius 2 is 2.10 bits per heavy atom. The number of halogens is 4. The zero-order valence-electron chi connectivity index (χ0n) is 11.1. The summed E-state index contributed by atoms with van der Waals surface area (Å²) >= 11 is 0. The summed E-state index contributed by atoms with van der Waals surface area (Å²) in [6.45, 7) is 0.460. The van der Waals surface area contributed by atoms with Gasteiger partial charge in [0.1, 0.15) is 6.10 Å². The van der Waals surface area contributed by atoms with Crippen LogP contribution < -0.4 is 11.1 Å². The van der Waals surface area contributed by atoms with Crippen LogP contribution in [-0.4, -0.2) is 18.6 Å². The van der Waals surface area contributed by atoms with E-state index in [0.29, 0.717) is 18.6 Å². The van der Waals surface area contributed by atoms with Crippen LogP contribution >= 0.6 is 12.4 Å². The molecule has 1 fully saturated rings. The van der Waals surface area contributed by atoms with Gasteiger partial charge in [0, 0.05) is 18.8 Å². The van der Waals surface area contributed by atoms with Crippen molar-refractivity contribution in [2.24, 2.45) is 5.73 Å². The molecule has 1 aromatic rings. The van der Waals surface area contributed by atoms with Crippen LogP contribution in [0.4, 0.5) is 18.9 Å². The highest BCUT2D eigenvalue weighted by atomic mass is 35.5. The van der Waals surface area contributed by atoms with E-state index in [1.165, 1.54) is 6.07 Å². The second-order valence-corrected chi connectivity index (χ2v) is 4.61. The summed E-state index contributed by atoms with van der Waals surface area (Å²) in [6, 6.07) is 3.30. The van der Waals surface area contributed by atoms with Gasteiger partial charge in [-0.2, -0.15) is 13.2 Å². The Morgan fingerprint density at radius 1 is 1.38 bits per heavy atom. The second-order valence-electron chi connectivity index (χ2n) is 4.61. The summed E-state index contributed by atoms with van der Waals surface area (Å²) in [5.41, 5.74) is 4.94. The minimum absolute atomic E-state index is 0. The summed E-state index contributed by atoms with van der Waals surface area (Å²) < 4.78 is 43.4. The van der Waals surface area contributed by atoms with E-state index in [1.807, 2.05) is 0 Å². The van der Waals surface area contributed by atoms with Gasteiger partial charge in [0.25, 0.3) is 5.91 Å². The minimum atomic E-state index is -4.48. The largest absolute Gasteiger partial charge is 0.416 e. The highest BCUT2D eigenvalue weighted by Crippen LogP contribution is 2.32. The monoisotopic (exact) mass is 324 g/mol. The average molecular weight is 325 g/mol. The van der Waals surface area contributed by atoms with Gasteiger partial charge < -0.3 is 15.8 Å². The zero-order valence-corrected chi connectivity index (χ0v) is 11.9. The third-order valence-electron chi connectivity index (χ3n) is 3.05. The molecule has 1 heterocycles. The Morgan fingerprint density at radius 3 is 2.62 bits per heavy atom. The van der Waals surface area contributed by atoms with Crippen molar-refractivity contribution in [1.29, 1.82) is 0 Å². The summed E-state index contributed by atoms with van der Waals surface area (Å²) in [6.07, 6.45) is -3.72. The summed E-state index contributed by atoms with van der Waals surface area (Å²) in [5, 5.41) is 2.45. The Bertz CT molecular complexity index is 503. The molecular weight excluding hydrogens is 309 g/mol. The first-order chi connectivity index (χ1) is 9.40. The smallest absolute Gasteiger partial charge is 0.368 e. The molecule has 118 valence electrons. The standard InChI is InChI=1S/C13H15F3N2O2.ClH/c14-13(15,16)9-4-8(7-17)5-10(6-9)18-12(19)11-2-1-3-20-11;/h4-6,11H,1-3,7,17H2,(H,18,19);1H. The molecule has 1 atom stereocenters. The van der Waals surface area contributed by atoms with Crippen molar-refractivity contribution < 1.29 is 22.7 Å². The van der Waals surface area contributed by atoms with E-state index in [1.54, 1.807) is 0 Å². The predicted octanol–water partition coefficient (Wildman–Crippen LogP) is 2.70. The van der Waals surface area contributed by atoms with Gasteiger partial charge in [-0.15, -0.1) is 12.4 Å². The van der Waals surface area contributed by atoms with E-state index >= 15 is 0 Å². The van der Waals surface area contributed by atoms with Crippen molar-refractivity contribution in [1.82, 2.24) is 0 Å². The fourth-order valence-electron chi connectivity index (χ4n) is 2.05. The van der Waals surface area contributed by atoms with Crippen molar-refractivity contribution >= 4 is 24.0 Å². The number of ether oxygens (including phenoxy) is 1. The quantitative estimate of drug-likeness (QED) is 0.898. The van der Waals surface area contributed by atoms with Crippen LogP contribution in [0.1, 0.15) is 24.0 Å². The van der Waals surface area contributed by atoms with Crippen LogP contribution in [0.3, 0.4) is 0 Å². The third-order valence-corrected chi connectivity index (χ3v) is 3.05. The minimum Gasteiger partial charge on any atom is -0.368 e. The Labute approximate surface area is 126 Å². The second kappa shape index (κ2) is 7.11. The molecule has 1 aliphatic rings. The molecule has 8 heteroatoms. The lowest BCUT2D eigenvalue weighted by Crippen LogP contribution is -2.27. The van der Waals surface area contributed by atoms with Gasteiger partial charge in [0.05, 0.1) is 5.56 Å². The molecule has 2 rings (SSSR count). The molecule has 0 saturated carbocycles. The number of amides is 1. The molecule has 0 aliphatic carbocycles. The van der Waals surface area contributed by atoms with Crippen LogP contribution in [-0.2, 0) is 22.3 Å². The van der Waals surface area contributed by atoms with Crippen LogP contribution in [0.15, 0.2) is 18.2 Å². The molecule has 1 amide bonds. The number of carbonyl (C=O) groups excluding carboxylic acids is 1. The molecule has 1 aliphatic heterocycles. The van der Waals surface area contributed by atoms with E-state index in [2.05, 4.69) is 5.32 Å². The maximum absolute atomic E-state index is 12.7. The highest BCUT2D eigenvalue weighted by molar-refractivity contribution is 5.94. The number of hydrogen-bond acceptors (Lipinski definition) is 3. The fourth-order valence-corrected chi connectivity index (χ4v) is 2.05. The predicted molar refractivity (Wildman–Crippen MR) is 74.2 cm³/mol. The number of nitrogens with two attached hydrogens (primary N) is 1. The van der Waals surface area contributed by atoms with Crippen LogP contribution in [0.25, 0.3) is 0 Å². The number of alkyl halides is 3. The van der Waals surface area contributed by atoms with Gasteiger partial charge in [-0.25, -0.2) is 0 Å².